The van der Waals surface area contributed by atoms with Crippen LogP contribution in [0.1, 0.15) is 26.2 Å². The smallest absolute Gasteiger partial charge is 0.223 e. The minimum absolute atomic E-state index is 0.319. The Labute approximate surface area is 104 Å². The number of morpholine rings is 1. The van der Waals surface area contributed by atoms with Gasteiger partial charge < -0.3 is 15.0 Å². The van der Waals surface area contributed by atoms with Gasteiger partial charge in [0.2, 0.25) is 5.91 Å². The predicted molar refractivity (Wildman–Crippen MR) is 66.8 cm³/mol. The van der Waals surface area contributed by atoms with E-state index in [1.165, 1.54) is 12.8 Å². The third kappa shape index (κ3) is 3.68. The number of hydrogen-bond acceptors (Lipinski definition) is 3. The van der Waals surface area contributed by atoms with Gasteiger partial charge in [-0.05, 0) is 37.8 Å². The third-order valence-electron chi connectivity index (χ3n) is 4.05. The standard InChI is InChI=1S/C13H24N2O2/c1-11(12-2-4-14-5-3-12)10-13(16)15-6-8-17-9-7-15/h11-12,14H,2-10H2,1H3/t11-/m0/s1. The second-order valence-electron chi connectivity index (χ2n) is 5.26. The van der Waals surface area contributed by atoms with Crippen LogP contribution < -0.4 is 5.32 Å². The highest BCUT2D eigenvalue weighted by Gasteiger charge is 2.24. The van der Waals surface area contributed by atoms with E-state index in [1.807, 2.05) is 4.90 Å². The molecule has 0 saturated carbocycles. The molecule has 0 aliphatic carbocycles. The highest BCUT2D eigenvalue weighted by Crippen LogP contribution is 2.24. The van der Waals surface area contributed by atoms with Crippen molar-refractivity contribution >= 4 is 5.91 Å². The first kappa shape index (κ1) is 12.8. The van der Waals surface area contributed by atoms with Crippen LogP contribution in [0.2, 0.25) is 0 Å². The summed E-state index contributed by atoms with van der Waals surface area (Å²) in [7, 11) is 0. The van der Waals surface area contributed by atoms with E-state index in [-0.39, 0.29) is 0 Å². The second kappa shape index (κ2) is 6.36. The molecule has 2 heterocycles. The Hall–Kier alpha value is -0.610. The fourth-order valence-corrected chi connectivity index (χ4v) is 2.80. The lowest BCUT2D eigenvalue weighted by Gasteiger charge is -2.31. The highest BCUT2D eigenvalue weighted by molar-refractivity contribution is 5.76. The SMILES string of the molecule is C[C@@H](CC(=O)N1CCOCC1)C1CCNCC1. The molecule has 2 saturated heterocycles. The fraction of sp³-hybridized carbons (Fsp3) is 0.923. The Bertz CT molecular complexity index is 246. The summed E-state index contributed by atoms with van der Waals surface area (Å²) in [5.74, 6) is 1.56. The van der Waals surface area contributed by atoms with Crippen molar-refractivity contribution in [1.29, 1.82) is 0 Å². The van der Waals surface area contributed by atoms with Gasteiger partial charge in [0, 0.05) is 19.5 Å². The molecule has 4 heteroatoms. The van der Waals surface area contributed by atoms with Crippen molar-refractivity contribution in [2.45, 2.75) is 26.2 Å². The van der Waals surface area contributed by atoms with Crippen molar-refractivity contribution < 1.29 is 9.53 Å². The van der Waals surface area contributed by atoms with Crippen molar-refractivity contribution in [3.8, 4) is 0 Å². The van der Waals surface area contributed by atoms with Crippen molar-refractivity contribution in [2.24, 2.45) is 11.8 Å². The van der Waals surface area contributed by atoms with Crippen LogP contribution in [0.25, 0.3) is 0 Å². The second-order valence-corrected chi connectivity index (χ2v) is 5.26. The average molecular weight is 240 g/mol. The molecule has 0 aromatic rings. The lowest BCUT2D eigenvalue weighted by atomic mass is 9.84. The van der Waals surface area contributed by atoms with Crippen molar-refractivity contribution in [3.05, 3.63) is 0 Å². The minimum Gasteiger partial charge on any atom is -0.378 e. The first-order valence-electron chi connectivity index (χ1n) is 6.83. The monoisotopic (exact) mass is 240 g/mol. The van der Waals surface area contributed by atoms with Gasteiger partial charge >= 0.3 is 0 Å². The van der Waals surface area contributed by atoms with E-state index in [4.69, 9.17) is 4.74 Å². The molecule has 2 aliphatic heterocycles. The van der Waals surface area contributed by atoms with Gasteiger partial charge in [-0.2, -0.15) is 0 Å². The first-order chi connectivity index (χ1) is 8.27. The molecule has 4 nitrogen and oxygen atoms in total. The molecule has 1 N–H and O–H groups in total. The molecule has 17 heavy (non-hydrogen) atoms. The normalized spacial score (nSPS) is 24.6. The van der Waals surface area contributed by atoms with Crippen LogP contribution in [0, 0.1) is 11.8 Å². The maximum atomic E-state index is 12.1. The number of rotatable bonds is 3. The summed E-state index contributed by atoms with van der Waals surface area (Å²) in [6, 6.07) is 0. The van der Waals surface area contributed by atoms with Crippen molar-refractivity contribution in [2.75, 3.05) is 39.4 Å². The van der Waals surface area contributed by atoms with Crippen LogP contribution in [0.3, 0.4) is 0 Å². The maximum absolute atomic E-state index is 12.1. The van der Waals surface area contributed by atoms with Crippen LogP contribution in [0.4, 0.5) is 0 Å². The van der Waals surface area contributed by atoms with Gasteiger partial charge in [0.25, 0.3) is 0 Å². The summed E-state index contributed by atoms with van der Waals surface area (Å²) in [6.45, 7) is 7.41. The quantitative estimate of drug-likeness (QED) is 0.796. The number of nitrogens with zero attached hydrogens (tertiary/aromatic N) is 1. The van der Waals surface area contributed by atoms with Crippen LogP contribution in [0.5, 0.6) is 0 Å². The largest absolute Gasteiger partial charge is 0.378 e. The molecular formula is C13H24N2O2. The van der Waals surface area contributed by atoms with Gasteiger partial charge in [0.15, 0.2) is 0 Å². The molecule has 98 valence electrons. The molecule has 0 spiro atoms. The molecule has 2 aliphatic rings. The number of piperidine rings is 1. The van der Waals surface area contributed by atoms with Gasteiger partial charge in [0.1, 0.15) is 0 Å². The lowest BCUT2D eigenvalue weighted by Crippen LogP contribution is -2.42. The third-order valence-corrected chi connectivity index (χ3v) is 4.05. The molecule has 2 rings (SSSR count). The topological polar surface area (TPSA) is 41.6 Å². The summed E-state index contributed by atoms with van der Waals surface area (Å²) in [5.41, 5.74) is 0. The van der Waals surface area contributed by atoms with Crippen LogP contribution >= 0.6 is 0 Å². The van der Waals surface area contributed by atoms with Crippen molar-refractivity contribution in [3.63, 3.8) is 0 Å². The van der Waals surface area contributed by atoms with E-state index in [0.29, 0.717) is 31.5 Å². The Morgan fingerprint density at radius 3 is 2.65 bits per heavy atom. The van der Waals surface area contributed by atoms with Crippen LogP contribution in [0.15, 0.2) is 0 Å². The zero-order valence-electron chi connectivity index (χ0n) is 10.8. The lowest BCUT2D eigenvalue weighted by molar-refractivity contribution is -0.136. The summed E-state index contributed by atoms with van der Waals surface area (Å²) < 4.78 is 5.27. The number of carbonyl (C=O) groups excluding carboxylic acids is 1. The highest BCUT2D eigenvalue weighted by atomic mass is 16.5. The number of ether oxygens (including phenoxy) is 1. The van der Waals surface area contributed by atoms with E-state index in [2.05, 4.69) is 12.2 Å². The van der Waals surface area contributed by atoms with E-state index in [1.54, 1.807) is 0 Å². The molecule has 0 aromatic carbocycles. The summed E-state index contributed by atoms with van der Waals surface area (Å²) in [4.78, 5) is 14.1. The Morgan fingerprint density at radius 1 is 1.35 bits per heavy atom. The van der Waals surface area contributed by atoms with Gasteiger partial charge in [-0.1, -0.05) is 6.92 Å². The van der Waals surface area contributed by atoms with E-state index in [9.17, 15) is 4.79 Å². The van der Waals surface area contributed by atoms with Gasteiger partial charge in [-0.15, -0.1) is 0 Å². The van der Waals surface area contributed by atoms with E-state index < -0.39 is 0 Å². The molecule has 1 amide bonds. The average Bonchev–Trinajstić information content (AvgIpc) is 2.40. The fourth-order valence-electron chi connectivity index (χ4n) is 2.80. The molecule has 1 atom stereocenters. The molecule has 0 bridgehead atoms. The van der Waals surface area contributed by atoms with Gasteiger partial charge in [-0.25, -0.2) is 0 Å². The van der Waals surface area contributed by atoms with Crippen LogP contribution in [-0.4, -0.2) is 50.2 Å². The summed E-state index contributed by atoms with van der Waals surface area (Å²) >= 11 is 0. The molecule has 0 radical (unpaired) electrons. The van der Waals surface area contributed by atoms with Crippen molar-refractivity contribution in [1.82, 2.24) is 10.2 Å². The van der Waals surface area contributed by atoms with E-state index >= 15 is 0 Å². The number of hydrogen-bond donors (Lipinski definition) is 1. The molecule has 2 fully saturated rings. The van der Waals surface area contributed by atoms with Crippen LogP contribution in [-0.2, 0) is 9.53 Å². The Morgan fingerprint density at radius 2 is 2.00 bits per heavy atom. The number of nitrogens with one attached hydrogen (secondary N) is 1. The van der Waals surface area contributed by atoms with Gasteiger partial charge in [-0.3, -0.25) is 4.79 Å². The molecular weight excluding hydrogens is 216 g/mol. The zero-order chi connectivity index (χ0) is 12.1. The summed E-state index contributed by atoms with van der Waals surface area (Å²) in [5, 5.41) is 3.37. The Balaban J connectivity index is 1.76. The number of carbonyl (C=O) groups is 1. The number of amides is 1. The molecule has 0 aromatic heterocycles. The summed E-state index contributed by atoms with van der Waals surface area (Å²) in [6.07, 6.45) is 3.15. The van der Waals surface area contributed by atoms with E-state index in [0.717, 1.165) is 32.1 Å². The van der Waals surface area contributed by atoms with Gasteiger partial charge in [0.05, 0.1) is 13.2 Å². The Kier molecular flexibility index (Phi) is 4.80. The first-order valence-corrected chi connectivity index (χ1v) is 6.83. The maximum Gasteiger partial charge on any atom is 0.223 e. The minimum atomic E-state index is 0.319. The predicted octanol–water partition coefficient (Wildman–Crippen LogP) is 0.871. The molecule has 0 unspecified atom stereocenters. The zero-order valence-corrected chi connectivity index (χ0v) is 10.8.